The van der Waals surface area contributed by atoms with Gasteiger partial charge in [0.25, 0.3) is 0 Å². The van der Waals surface area contributed by atoms with Gasteiger partial charge in [-0.15, -0.1) is 0 Å². The van der Waals surface area contributed by atoms with Crippen LogP contribution in [0.3, 0.4) is 0 Å². The highest BCUT2D eigenvalue weighted by Crippen LogP contribution is 2.29. The van der Waals surface area contributed by atoms with Crippen LogP contribution in [-0.4, -0.2) is 38.0 Å². The molecule has 1 aromatic rings. The second kappa shape index (κ2) is 11.8. The summed E-state index contributed by atoms with van der Waals surface area (Å²) in [4.78, 5) is 23.0. The molecule has 0 saturated heterocycles. The first-order chi connectivity index (χ1) is 13.2. The fraction of sp³-hybridized carbons (Fsp3) is 0.455. The third-order valence-electron chi connectivity index (χ3n) is 4.28. The Morgan fingerprint density at radius 1 is 0.750 bits per heavy atom. The summed E-state index contributed by atoms with van der Waals surface area (Å²) in [7, 11) is 0. The van der Waals surface area contributed by atoms with E-state index in [9.17, 15) is 9.59 Å². The van der Waals surface area contributed by atoms with Crippen molar-refractivity contribution in [1.29, 1.82) is 0 Å². The van der Waals surface area contributed by atoms with Gasteiger partial charge in [0.2, 0.25) is 11.8 Å². The largest absolute Gasteiger partial charge is 0.383 e. The fourth-order valence-electron chi connectivity index (χ4n) is 2.58. The van der Waals surface area contributed by atoms with Crippen LogP contribution in [0, 0.1) is 13.8 Å². The lowest BCUT2D eigenvalue weighted by Crippen LogP contribution is -2.26. The smallest absolute Gasteiger partial charge is 0.246 e. The van der Waals surface area contributed by atoms with Gasteiger partial charge in [-0.25, -0.2) is 0 Å². The van der Waals surface area contributed by atoms with Gasteiger partial charge in [-0.2, -0.15) is 0 Å². The third kappa shape index (κ3) is 7.86. The maximum atomic E-state index is 11.5. The maximum absolute atomic E-state index is 11.5. The van der Waals surface area contributed by atoms with Gasteiger partial charge in [0, 0.05) is 37.3 Å². The van der Waals surface area contributed by atoms with Gasteiger partial charge in [-0.1, -0.05) is 25.3 Å². The lowest BCUT2D eigenvalue weighted by Gasteiger charge is -2.19. The molecule has 0 aliphatic rings. The van der Waals surface area contributed by atoms with Crippen molar-refractivity contribution in [2.45, 2.75) is 40.5 Å². The molecule has 28 heavy (non-hydrogen) atoms. The summed E-state index contributed by atoms with van der Waals surface area (Å²) < 4.78 is 0. The zero-order valence-electron chi connectivity index (χ0n) is 17.6. The predicted octanol–water partition coefficient (Wildman–Crippen LogP) is 3.29. The molecule has 0 atom stereocenters. The van der Waals surface area contributed by atoms with Crippen molar-refractivity contribution in [3.63, 3.8) is 0 Å². The molecule has 4 N–H and O–H groups in total. The molecule has 0 spiro atoms. The maximum Gasteiger partial charge on any atom is 0.246 e. The van der Waals surface area contributed by atoms with E-state index in [2.05, 4.69) is 60.4 Å². The number of aryl methyl sites for hydroxylation is 2. The van der Waals surface area contributed by atoms with Crippen LogP contribution in [0.25, 0.3) is 0 Å². The van der Waals surface area contributed by atoms with Crippen molar-refractivity contribution < 1.29 is 9.59 Å². The highest BCUT2D eigenvalue weighted by Gasteiger charge is 2.09. The molecule has 0 heterocycles. The molecule has 0 aliphatic carbocycles. The van der Waals surface area contributed by atoms with E-state index in [1.165, 1.54) is 0 Å². The normalized spacial score (nSPS) is 10.1. The lowest BCUT2D eigenvalue weighted by molar-refractivity contribution is -0.118. The van der Waals surface area contributed by atoms with Crippen LogP contribution >= 0.6 is 0 Å². The molecule has 6 heteroatoms. The quantitative estimate of drug-likeness (QED) is 0.328. The molecular formula is C22H34N4O2. The number of benzene rings is 1. The highest BCUT2D eigenvalue weighted by molar-refractivity contribution is 5.92. The van der Waals surface area contributed by atoms with E-state index < -0.39 is 0 Å². The van der Waals surface area contributed by atoms with Crippen LogP contribution < -0.4 is 21.3 Å². The van der Waals surface area contributed by atoms with Crippen LogP contribution in [0.1, 0.15) is 37.8 Å². The van der Waals surface area contributed by atoms with Gasteiger partial charge in [-0.05, 0) is 51.7 Å². The van der Waals surface area contributed by atoms with E-state index >= 15 is 0 Å². The second-order valence-electron chi connectivity index (χ2n) is 7.08. The summed E-state index contributed by atoms with van der Waals surface area (Å²) in [6.45, 7) is 17.5. The first kappa shape index (κ1) is 23.3. The molecule has 154 valence electrons. The summed E-state index contributed by atoms with van der Waals surface area (Å²) in [5.41, 5.74) is 5.53. The number of carbonyl (C=O) groups excluding carboxylic acids is 2. The van der Waals surface area contributed by atoms with Crippen LogP contribution in [0.2, 0.25) is 0 Å². The van der Waals surface area contributed by atoms with E-state index in [1.54, 1.807) is 13.8 Å². The predicted molar refractivity (Wildman–Crippen MR) is 118 cm³/mol. The van der Waals surface area contributed by atoms with Crippen LogP contribution in [0.4, 0.5) is 11.4 Å². The highest BCUT2D eigenvalue weighted by atomic mass is 16.2. The van der Waals surface area contributed by atoms with Crippen LogP contribution in [-0.2, 0) is 9.59 Å². The zero-order valence-corrected chi connectivity index (χ0v) is 17.6. The van der Waals surface area contributed by atoms with Crippen molar-refractivity contribution in [2.24, 2.45) is 0 Å². The molecule has 0 unspecified atom stereocenters. The number of hydrogen-bond acceptors (Lipinski definition) is 4. The van der Waals surface area contributed by atoms with Gasteiger partial charge >= 0.3 is 0 Å². The van der Waals surface area contributed by atoms with E-state index in [0.717, 1.165) is 48.4 Å². The van der Waals surface area contributed by atoms with Crippen LogP contribution in [0.15, 0.2) is 36.4 Å². The molecule has 0 aliphatic heterocycles. The average Bonchev–Trinajstić information content (AvgIpc) is 2.64. The van der Waals surface area contributed by atoms with Crippen molar-refractivity contribution >= 4 is 23.2 Å². The molecule has 1 aromatic carbocycles. The minimum atomic E-state index is -0.104. The van der Waals surface area contributed by atoms with Crippen LogP contribution in [0.5, 0.6) is 0 Å². The van der Waals surface area contributed by atoms with Crippen molar-refractivity contribution in [2.75, 3.05) is 36.8 Å². The van der Waals surface area contributed by atoms with E-state index in [-0.39, 0.29) is 11.8 Å². The molecular weight excluding hydrogens is 352 g/mol. The number of anilines is 2. The number of rotatable bonds is 12. The molecule has 0 saturated carbocycles. The Labute approximate surface area is 168 Å². The Morgan fingerprint density at radius 2 is 1.11 bits per heavy atom. The van der Waals surface area contributed by atoms with Gasteiger partial charge in [0.1, 0.15) is 0 Å². The van der Waals surface area contributed by atoms with Crippen molar-refractivity contribution in [3.8, 4) is 0 Å². The molecule has 0 bridgehead atoms. The minimum absolute atomic E-state index is 0.104. The standard InChI is InChI=1S/C22H34N4O2/c1-15(2)21(27)25-13-7-11-23-19-17(5)9-10-18(6)20(19)24-12-8-14-26-22(28)16(3)4/h9-10,23-24H,1,3,7-8,11-14H2,2,4-6H3,(H,25,27)(H,26,28). The van der Waals surface area contributed by atoms with Crippen molar-refractivity contribution in [3.05, 3.63) is 47.6 Å². The zero-order chi connectivity index (χ0) is 21.1. The van der Waals surface area contributed by atoms with Crippen molar-refractivity contribution in [1.82, 2.24) is 10.6 Å². The summed E-state index contributed by atoms with van der Waals surface area (Å²) in [6.07, 6.45) is 1.64. The van der Waals surface area contributed by atoms with Gasteiger partial charge in [0.15, 0.2) is 0 Å². The monoisotopic (exact) mass is 386 g/mol. The Morgan fingerprint density at radius 3 is 1.43 bits per heavy atom. The number of carbonyl (C=O) groups is 2. The lowest BCUT2D eigenvalue weighted by atomic mass is 10.1. The molecule has 0 radical (unpaired) electrons. The number of nitrogens with one attached hydrogen (secondary N) is 4. The van der Waals surface area contributed by atoms with E-state index in [4.69, 9.17) is 0 Å². The topological polar surface area (TPSA) is 82.3 Å². The van der Waals surface area contributed by atoms with Gasteiger partial charge < -0.3 is 21.3 Å². The Hall–Kier alpha value is -2.76. The second-order valence-corrected chi connectivity index (χ2v) is 7.08. The third-order valence-corrected chi connectivity index (χ3v) is 4.28. The first-order valence-corrected chi connectivity index (χ1v) is 9.69. The van der Waals surface area contributed by atoms with Gasteiger partial charge in [-0.3, -0.25) is 9.59 Å². The molecule has 2 amide bonds. The SMILES string of the molecule is C=C(C)C(=O)NCCCNc1c(C)ccc(C)c1NCCCNC(=O)C(=C)C. The van der Waals surface area contributed by atoms with E-state index in [0.29, 0.717) is 24.2 Å². The first-order valence-electron chi connectivity index (χ1n) is 9.69. The van der Waals surface area contributed by atoms with E-state index in [1.807, 2.05) is 0 Å². The Kier molecular flexibility index (Phi) is 9.85. The Bertz CT molecular complexity index is 664. The van der Waals surface area contributed by atoms with Gasteiger partial charge in [0.05, 0.1) is 11.4 Å². The fourth-order valence-corrected chi connectivity index (χ4v) is 2.58. The summed E-state index contributed by atoms with van der Waals surface area (Å²) in [6, 6.07) is 4.19. The number of hydrogen-bond donors (Lipinski definition) is 4. The summed E-state index contributed by atoms with van der Waals surface area (Å²) in [5.74, 6) is -0.208. The number of amides is 2. The average molecular weight is 387 g/mol. The summed E-state index contributed by atoms with van der Waals surface area (Å²) >= 11 is 0. The molecule has 6 nitrogen and oxygen atoms in total. The molecule has 1 rings (SSSR count). The Balaban J connectivity index is 2.52. The summed E-state index contributed by atoms with van der Waals surface area (Å²) in [5, 5.41) is 12.6. The minimum Gasteiger partial charge on any atom is -0.383 e. The molecule has 0 fully saturated rings. The molecule has 0 aromatic heterocycles.